The van der Waals surface area contributed by atoms with E-state index in [4.69, 9.17) is 9.26 Å². The lowest BCUT2D eigenvalue weighted by Gasteiger charge is -2.16. The lowest BCUT2D eigenvalue weighted by Crippen LogP contribution is -2.30. The molecule has 4 rings (SSSR count). The molecule has 8 nitrogen and oxygen atoms in total. The maximum Gasteiger partial charge on any atom is 0.259 e. The van der Waals surface area contributed by atoms with Crippen LogP contribution in [0.2, 0.25) is 0 Å². The van der Waals surface area contributed by atoms with E-state index in [9.17, 15) is 9.59 Å². The highest BCUT2D eigenvalue weighted by Crippen LogP contribution is 2.33. The molecule has 1 saturated heterocycles. The molecule has 2 amide bonds. The Labute approximate surface area is 174 Å². The number of pyridine rings is 1. The van der Waals surface area contributed by atoms with Crippen LogP contribution in [0.3, 0.4) is 0 Å². The number of nitrogens with zero attached hydrogens (tertiary/aromatic N) is 3. The van der Waals surface area contributed by atoms with Crippen molar-refractivity contribution in [3.63, 3.8) is 0 Å². The Morgan fingerprint density at radius 3 is 2.77 bits per heavy atom. The molecule has 1 fully saturated rings. The molecule has 0 radical (unpaired) electrons. The van der Waals surface area contributed by atoms with Gasteiger partial charge in [0.05, 0.1) is 30.2 Å². The van der Waals surface area contributed by atoms with Gasteiger partial charge in [-0.25, -0.2) is 4.98 Å². The molecule has 8 heteroatoms. The first-order valence-electron chi connectivity index (χ1n) is 9.90. The second-order valence-electron chi connectivity index (χ2n) is 7.49. The van der Waals surface area contributed by atoms with Gasteiger partial charge in [-0.15, -0.1) is 0 Å². The van der Waals surface area contributed by atoms with Gasteiger partial charge in [0.25, 0.3) is 11.6 Å². The Hall–Kier alpha value is -3.42. The van der Waals surface area contributed by atoms with Crippen LogP contribution in [-0.4, -0.2) is 54.1 Å². The van der Waals surface area contributed by atoms with Crippen LogP contribution >= 0.6 is 0 Å². The summed E-state index contributed by atoms with van der Waals surface area (Å²) in [6.45, 7) is 2.99. The summed E-state index contributed by atoms with van der Waals surface area (Å²) >= 11 is 0. The number of rotatable bonds is 5. The summed E-state index contributed by atoms with van der Waals surface area (Å²) in [6, 6.07) is 9.25. The van der Waals surface area contributed by atoms with Crippen LogP contribution < -0.4 is 10.1 Å². The SMILES string of the molecule is CNC(=O)c1cc(C)nc2onc(C3CCN(C(=O)Cc4ccc(OC)cc4)C3)c12. The zero-order valence-corrected chi connectivity index (χ0v) is 17.3. The Morgan fingerprint density at radius 2 is 2.07 bits per heavy atom. The van der Waals surface area contributed by atoms with Crippen LogP contribution in [0.15, 0.2) is 34.9 Å². The highest BCUT2D eigenvalue weighted by atomic mass is 16.5. The first-order valence-corrected chi connectivity index (χ1v) is 9.90. The lowest BCUT2D eigenvalue weighted by molar-refractivity contribution is -0.129. The first kappa shape index (κ1) is 19.9. The van der Waals surface area contributed by atoms with Crippen molar-refractivity contribution in [3.8, 4) is 5.75 Å². The Kier molecular flexibility index (Phi) is 5.39. The molecule has 156 valence electrons. The molecular formula is C22H24N4O4. The molecule has 0 aliphatic carbocycles. The number of carbonyl (C=O) groups is 2. The van der Waals surface area contributed by atoms with Crippen molar-refractivity contribution in [2.45, 2.75) is 25.7 Å². The zero-order valence-electron chi connectivity index (χ0n) is 17.3. The molecule has 1 N–H and O–H groups in total. The van der Waals surface area contributed by atoms with E-state index in [1.54, 1.807) is 20.2 Å². The van der Waals surface area contributed by atoms with E-state index in [0.29, 0.717) is 47.6 Å². The number of benzene rings is 1. The highest BCUT2D eigenvalue weighted by Gasteiger charge is 2.32. The number of aryl methyl sites for hydroxylation is 1. The number of amides is 2. The molecule has 1 unspecified atom stereocenters. The highest BCUT2D eigenvalue weighted by molar-refractivity contribution is 6.06. The minimum absolute atomic E-state index is 0.000945. The minimum atomic E-state index is -0.208. The van der Waals surface area contributed by atoms with Gasteiger partial charge >= 0.3 is 0 Å². The molecular weight excluding hydrogens is 384 g/mol. The normalized spacial score (nSPS) is 16.1. The average Bonchev–Trinajstić information content (AvgIpc) is 3.40. The molecule has 1 aliphatic heterocycles. The molecule has 3 aromatic rings. The lowest BCUT2D eigenvalue weighted by atomic mass is 9.99. The van der Waals surface area contributed by atoms with E-state index in [0.717, 1.165) is 17.7 Å². The number of nitrogens with one attached hydrogen (secondary N) is 1. The van der Waals surface area contributed by atoms with Crippen molar-refractivity contribution in [2.24, 2.45) is 0 Å². The standard InChI is InChI=1S/C22H24N4O4/c1-13-10-17(21(28)23-2)19-20(25-30-22(19)24-13)15-8-9-26(12-15)18(27)11-14-4-6-16(29-3)7-5-14/h4-7,10,15H,8-9,11-12H2,1-3H3,(H,23,28). The number of hydrogen-bond acceptors (Lipinski definition) is 6. The largest absolute Gasteiger partial charge is 0.497 e. The number of ether oxygens (including phenoxy) is 1. The number of carbonyl (C=O) groups excluding carboxylic acids is 2. The predicted molar refractivity (Wildman–Crippen MR) is 111 cm³/mol. The smallest absolute Gasteiger partial charge is 0.259 e. The maximum absolute atomic E-state index is 12.8. The number of aromatic nitrogens is 2. The van der Waals surface area contributed by atoms with Gasteiger partial charge in [-0.2, -0.15) is 0 Å². The van der Waals surface area contributed by atoms with Gasteiger partial charge < -0.3 is 19.5 Å². The summed E-state index contributed by atoms with van der Waals surface area (Å²) in [6.07, 6.45) is 1.09. The van der Waals surface area contributed by atoms with Crippen LogP contribution in [0.4, 0.5) is 0 Å². The number of fused-ring (bicyclic) bond motifs is 1. The summed E-state index contributed by atoms with van der Waals surface area (Å²) in [5.41, 5.74) is 3.17. The van der Waals surface area contributed by atoms with Crippen LogP contribution in [-0.2, 0) is 11.2 Å². The maximum atomic E-state index is 12.8. The van der Waals surface area contributed by atoms with Crippen molar-refractivity contribution in [1.29, 1.82) is 0 Å². The van der Waals surface area contributed by atoms with Crippen LogP contribution in [0, 0.1) is 6.92 Å². The van der Waals surface area contributed by atoms with Gasteiger partial charge in [-0.1, -0.05) is 17.3 Å². The fourth-order valence-corrected chi connectivity index (χ4v) is 3.93. The Bertz CT molecular complexity index is 1090. The molecule has 1 aliphatic rings. The molecule has 2 aromatic heterocycles. The molecule has 0 bridgehead atoms. The molecule has 1 atom stereocenters. The third kappa shape index (κ3) is 3.72. The average molecular weight is 408 g/mol. The summed E-state index contributed by atoms with van der Waals surface area (Å²) in [5.74, 6) is 0.622. The van der Waals surface area contributed by atoms with E-state index < -0.39 is 0 Å². The third-order valence-corrected chi connectivity index (χ3v) is 5.51. The van der Waals surface area contributed by atoms with Crippen LogP contribution in [0.25, 0.3) is 11.1 Å². The van der Waals surface area contributed by atoms with Gasteiger partial charge in [0, 0.05) is 31.7 Å². The molecule has 3 heterocycles. The Morgan fingerprint density at radius 1 is 1.30 bits per heavy atom. The van der Waals surface area contributed by atoms with Gasteiger partial charge in [0.1, 0.15) is 5.75 Å². The topological polar surface area (TPSA) is 97.6 Å². The summed E-state index contributed by atoms with van der Waals surface area (Å²) < 4.78 is 10.6. The summed E-state index contributed by atoms with van der Waals surface area (Å²) in [4.78, 5) is 31.4. The van der Waals surface area contributed by atoms with Crippen molar-refractivity contribution in [2.75, 3.05) is 27.2 Å². The fraction of sp³-hybridized carbons (Fsp3) is 0.364. The number of methoxy groups -OCH3 is 1. The van der Waals surface area contributed by atoms with Gasteiger partial charge in [0.2, 0.25) is 5.91 Å². The molecule has 0 saturated carbocycles. The van der Waals surface area contributed by atoms with Gasteiger partial charge in [-0.3, -0.25) is 9.59 Å². The van der Waals surface area contributed by atoms with E-state index in [1.807, 2.05) is 36.1 Å². The quantitative estimate of drug-likeness (QED) is 0.697. The number of likely N-dealkylation sites (tertiary alicyclic amines) is 1. The fourth-order valence-electron chi connectivity index (χ4n) is 3.93. The van der Waals surface area contributed by atoms with E-state index in [2.05, 4.69) is 15.5 Å². The second kappa shape index (κ2) is 8.14. The third-order valence-electron chi connectivity index (χ3n) is 5.51. The van der Waals surface area contributed by atoms with Crippen molar-refractivity contribution >= 4 is 22.9 Å². The van der Waals surface area contributed by atoms with Gasteiger partial charge in [0.15, 0.2) is 0 Å². The van der Waals surface area contributed by atoms with E-state index in [-0.39, 0.29) is 17.7 Å². The number of hydrogen-bond donors (Lipinski definition) is 1. The first-order chi connectivity index (χ1) is 14.5. The molecule has 0 spiro atoms. The van der Waals surface area contributed by atoms with Crippen molar-refractivity contribution < 1.29 is 18.8 Å². The summed E-state index contributed by atoms with van der Waals surface area (Å²) in [7, 11) is 3.21. The minimum Gasteiger partial charge on any atom is -0.497 e. The van der Waals surface area contributed by atoms with Crippen LogP contribution in [0.5, 0.6) is 5.75 Å². The predicted octanol–water partition coefficient (Wildman–Crippen LogP) is 2.46. The van der Waals surface area contributed by atoms with Crippen molar-refractivity contribution in [1.82, 2.24) is 20.4 Å². The zero-order chi connectivity index (χ0) is 21.3. The molecule has 1 aromatic carbocycles. The summed E-state index contributed by atoms with van der Waals surface area (Å²) in [5, 5.41) is 7.52. The second-order valence-corrected chi connectivity index (χ2v) is 7.49. The monoisotopic (exact) mass is 408 g/mol. The van der Waals surface area contributed by atoms with E-state index >= 15 is 0 Å². The van der Waals surface area contributed by atoms with Gasteiger partial charge in [-0.05, 0) is 37.1 Å². The van der Waals surface area contributed by atoms with Crippen LogP contribution in [0.1, 0.15) is 39.6 Å². The van der Waals surface area contributed by atoms with Crippen molar-refractivity contribution in [3.05, 3.63) is 52.8 Å². The van der Waals surface area contributed by atoms with E-state index in [1.165, 1.54) is 0 Å². The Balaban J connectivity index is 1.53. The molecule has 30 heavy (non-hydrogen) atoms.